The molecule has 0 spiro atoms. The number of rotatable bonds is 7. The lowest BCUT2D eigenvalue weighted by atomic mass is 10.1. The Labute approximate surface area is 126 Å². The van der Waals surface area contributed by atoms with Crippen molar-refractivity contribution in [2.75, 3.05) is 13.2 Å². The quantitative estimate of drug-likeness (QED) is 0.472. The van der Waals surface area contributed by atoms with Crippen molar-refractivity contribution in [3.63, 3.8) is 0 Å². The van der Waals surface area contributed by atoms with E-state index in [-0.39, 0.29) is 24.1 Å². The fraction of sp³-hybridized carbons (Fsp3) is 0.429. The Morgan fingerprint density at radius 3 is 2.68 bits per heavy atom. The number of benzene rings is 1. The lowest BCUT2D eigenvalue weighted by Crippen LogP contribution is -2.26. The third-order valence-electron chi connectivity index (χ3n) is 2.86. The van der Waals surface area contributed by atoms with Gasteiger partial charge in [0, 0.05) is 18.2 Å². The zero-order valence-corrected chi connectivity index (χ0v) is 12.3. The maximum Gasteiger partial charge on any atom is 0.307 e. The molecule has 0 bridgehead atoms. The van der Waals surface area contributed by atoms with Gasteiger partial charge in [0.2, 0.25) is 0 Å². The van der Waals surface area contributed by atoms with Crippen LogP contribution >= 0.6 is 0 Å². The number of hydrogen-bond donors (Lipinski definition) is 1. The van der Waals surface area contributed by atoms with Crippen LogP contribution < -0.4 is 5.32 Å². The number of amides is 1. The molecule has 0 unspecified atom stereocenters. The van der Waals surface area contributed by atoms with Gasteiger partial charge < -0.3 is 10.1 Å². The summed E-state index contributed by atoms with van der Waals surface area (Å²) in [6.45, 7) is 3.43. The molecule has 0 aromatic heterocycles. The number of nitro groups is 1. The average Bonchev–Trinajstić information content (AvgIpc) is 2.47. The van der Waals surface area contributed by atoms with Crippen LogP contribution in [-0.4, -0.2) is 30.0 Å². The fourth-order valence-corrected chi connectivity index (χ4v) is 1.65. The predicted molar refractivity (Wildman–Crippen MR) is 76.0 cm³/mol. The summed E-state index contributed by atoms with van der Waals surface area (Å²) in [5, 5.41) is 13.2. The van der Waals surface area contributed by atoms with Crippen molar-refractivity contribution >= 4 is 17.6 Å². The number of ether oxygens (including phenoxy) is 1. The molecule has 0 saturated heterocycles. The number of nitrogens with one attached hydrogen (secondary N) is 1. The van der Waals surface area contributed by atoms with Crippen LogP contribution in [0.15, 0.2) is 12.1 Å². The molecule has 0 aliphatic rings. The molecule has 0 aliphatic heterocycles. The van der Waals surface area contributed by atoms with Crippen LogP contribution in [0.3, 0.4) is 0 Å². The van der Waals surface area contributed by atoms with Gasteiger partial charge in [-0.15, -0.1) is 0 Å². The predicted octanol–water partition coefficient (Wildman–Crippen LogP) is 2.12. The van der Waals surface area contributed by atoms with Gasteiger partial charge in [0.1, 0.15) is 5.82 Å². The Kier molecular flexibility index (Phi) is 6.43. The molecular weight excluding hydrogens is 295 g/mol. The fourth-order valence-electron chi connectivity index (χ4n) is 1.65. The second-order valence-electron chi connectivity index (χ2n) is 4.59. The number of nitrogens with zero attached hydrogens (tertiary/aromatic N) is 1. The van der Waals surface area contributed by atoms with Gasteiger partial charge in [-0.05, 0) is 19.4 Å². The monoisotopic (exact) mass is 312 g/mol. The molecule has 0 radical (unpaired) electrons. The lowest BCUT2D eigenvalue weighted by Gasteiger charge is -2.07. The first-order valence-electron chi connectivity index (χ1n) is 6.75. The summed E-state index contributed by atoms with van der Waals surface area (Å²) in [6.07, 6.45) is 0.673. The van der Waals surface area contributed by atoms with Crippen LogP contribution in [0.2, 0.25) is 0 Å². The molecule has 8 heteroatoms. The zero-order chi connectivity index (χ0) is 16.7. The van der Waals surface area contributed by atoms with Crippen molar-refractivity contribution in [2.45, 2.75) is 26.7 Å². The summed E-state index contributed by atoms with van der Waals surface area (Å²) < 4.78 is 18.4. The van der Waals surface area contributed by atoms with E-state index in [1.807, 2.05) is 6.92 Å². The SMILES string of the molecule is CCCOC(=O)CCNC(=O)c1cc(F)c(C)c([N+](=O)[O-])c1. The minimum Gasteiger partial charge on any atom is -0.466 e. The van der Waals surface area contributed by atoms with Gasteiger partial charge in [-0.2, -0.15) is 0 Å². The molecule has 0 saturated carbocycles. The molecule has 120 valence electrons. The van der Waals surface area contributed by atoms with Gasteiger partial charge in [-0.25, -0.2) is 4.39 Å². The van der Waals surface area contributed by atoms with E-state index in [9.17, 15) is 24.1 Å². The topological polar surface area (TPSA) is 98.5 Å². The van der Waals surface area contributed by atoms with E-state index >= 15 is 0 Å². The van der Waals surface area contributed by atoms with Crippen LogP contribution in [0.25, 0.3) is 0 Å². The van der Waals surface area contributed by atoms with E-state index in [0.717, 1.165) is 12.1 Å². The Bertz CT molecular complexity index is 589. The third-order valence-corrected chi connectivity index (χ3v) is 2.86. The van der Waals surface area contributed by atoms with Crippen LogP contribution in [0, 0.1) is 22.9 Å². The minimum absolute atomic E-state index is 0.00464. The number of nitro benzene ring substituents is 1. The molecule has 1 aromatic carbocycles. The maximum atomic E-state index is 13.6. The molecule has 0 fully saturated rings. The minimum atomic E-state index is -0.832. The van der Waals surface area contributed by atoms with E-state index in [2.05, 4.69) is 5.32 Å². The van der Waals surface area contributed by atoms with Crippen molar-refractivity contribution in [1.82, 2.24) is 5.32 Å². The van der Waals surface area contributed by atoms with E-state index in [1.54, 1.807) is 0 Å². The zero-order valence-electron chi connectivity index (χ0n) is 12.3. The van der Waals surface area contributed by atoms with Gasteiger partial charge in [0.05, 0.1) is 23.5 Å². The summed E-state index contributed by atoms with van der Waals surface area (Å²) in [6, 6.07) is 1.93. The highest BCUT2D eigenvalue weighted by Gasteiger charge is 2.19. The summed E-state index contributed by atoms with van der Waals surface area (Å²) in [4.78, 5) is 33.1. The number of halogens is 1. The van der Waals surface area contributed by atoms with Gasteiger partial charge in [0.15, 0.2) is 0 Å². The van der Waals surface area contributed by atoms with E-state index in [0.29, 0.717) is 13.0 Å². The lowest BCUT2D eigenvalue weighted by molar-refractivity contribution is -0.385. The molecule has 0 aliphatic carbocycles. The largest absolute Gasteiger partial charge is 0.466 e. The van der Waals surface area contributed by atoms with Crippen molar-refractivity contribution in [3.8, 4) is 0 Å². The molecule has 7 nitrogen and oxygen atoms in total. The normalized spacial score (nSPS) is 10.1. The van der Waals surface area contributed by atoms with E-state index in [4.69, 9.17) is 4.74 Å². The Balaban J connectivity index is 2.66. The van der Waals surface area contributed by atoms with Gasteiger partial charge in [0.25, 0.3) is 11.6 Å². The standard InChI is InChI=1S/C14H17FN2O5/c1-3-6-22-13(18)4-5-16-14(19)10-7-11(15)9(2)12(8-10)17(20)21/h7-8H,3-6H2,1-2H3,(H,16,19). The van der Waals surface area contributed by atoms with Crippen LogP contribution in [0.4, 0.5) is 10.1 Å². The first kappa shape index (κ1) is 17.5. The highest BCUT2D eigenvalue weighted by atomic mass is 19.1. The van der Waals surface area contributed by atoms with Crippen molar-refractivity contribution in [3.05, 3.63) is 39.2 Å². The Morgan fingerprint density at radius 1 is 1.41 bits per heavy atom. The van der Waals surface area contributed by atoms with E-state index < -0.39 is 28.3 Å². The van der Waals surface area contributed by atoms with Crippen molar-refractivity contribution in [2.24, 2.45) is 0 Å². The number of carbonyl (C=O) groups is 2. The molecule has 1 aromatic rings. The van der Waals surface area contributed by atoms with Crippen molar-refractivity contribution < 1.29 is 23.6 Å². The summed E-state index contributed by atoms with van der Waals surface area (Å²) in [7, 11) is 0. The smallest absolute Gasteiger partial charge is 0.307 e. The molecular formula is C14H17FN2O5. The third kappa shape index (κ3) is 4.80. The first-order valence-corrected chi connectivity index (χ1v) is 6.75. The molecule has 0 heterocycles. The number of hydrogen-bond acceptors (Lipinski definition) is 5. The molecule has 1 amide bonds. The molecule has 1 N–H and O–H groups in total. The summed E-state index contributed by atoms with van der Waals surface area (Å²) >= 11 is 0. The molecule has 22 heavy (non-hydrogen) atoms. The van der Waals surface area contributed by atoms with Crippen LogP contribution in [0.5, 0.6) is 0 Å². The summed E-state index contributed by atoms with van der Waals surface area (Å²) in [5.41, 5.74) is -0.770. The second-order valence-corrected chi connectivity index (χ2v) is 4.59. The highest BCUT2D eigenvalue weighted by Crippen LogP contribution is 2.22. The Hall–Kier alpha value is -2.51. The van der Waals surface area contributed by atoms with E-state index in [1.165, 1.54) is 6.92 Å². The maximum absolute atomic E-state index is 13.6. The van der Waals surface area contributed by atoms with Gasteiger partial charge >= 0.3 is 5.97 Å². The number of esters is 1. The van der Waals surface area contributed by atoms with Crippen molar-refractivity contribution in [1.29, 1.82) is 0 Å². The summed E-state index contributed by atoms with van der Waals surface area (Å²) in [5.74, 6) is -1.98. The Morgan fingerprint density at radius 2 is 2.09 bits per heavy atom. The second kappa shape index (κ2) is 8.06. The molecule has 0 atom stereocenters. The first-order chi connectivity index (χ1) is 10.4. The van der Waals surface area contributed by atoms with Crippen LogP contribution in [0.1, 0.15) is 35.7 Å². The number of carbonyl (C=O) groups excluding carboxylic acids is 2. The van der Waals surface area contributed by atoms with Gasteiger partial charge in [-0.3, -0.25) is 19.7 Å². The highest BCUT2D eigenvalue weighted by molar-refractivity contribution is 5.95. The van der Waals surface area contributed by atoms with Crippen LogP contribution in [-0.2, 0) is 9.53 Å². The average molecular weight is 312 g/mol. The molecule has 1 rings (SSSR count). The van der Waals surface area contributed by atoms with Gasteiger partial charge in [-0.1, -0.05) is 6.92 Å².